The van der Waals surface area contributed by atoms with Gasteiger partial charge in [0.15, 0.2) is 0 Å². The van der Waals surface area contributed by atoms with Crippen molar-refractivity contribution in [1.82, 2.24) is 10.6 Å². The van der Waals surface area contributed by atoms with Gasteiger partial charge in [0.05, 0.1) is 4.99 Å². The first-order valence-corrected chi connectivity index (χ1v) is 6.18. The van der Waals surface area contributed by atoms with Crippen LogP contribution in [0.4, 0.5) is 4.79 Å². The average molecular weight is 265 g/mol. The quantitative estimate of drug-likeness (QED) is 0.711. The third-order valence-corrected chi connectivity index (χ3v) is 3.21. The lowest BCUT2D eigenvalue weighted by Crippen LogP contribution is -2.44. The molecule has 0 atom stereocenters. The Balaban J connectivity index is 2.33. The number of rotatable bonds is 5. The van der Waals surface area contributed by atoms with Crippen molar-refractivity contribution < 1.29 is 4.79 Å². The number of hydrogen-bond donors (Lipinski definition) is 3. The number of benzene rings is 1. The second kappa shape index (κ2) is 6.35. The number of carbonyl (C=O) groups excluding carboxylic acids is 1. The number of nitrogens with one attached hydrogen (secondary N) is 2. The molecule has 4 nitrogen and oxygen atoms in total. The molecule has 0 aliphatic carbocycles. The van der Waals surface area contributed by atoms with Gasteiger partial charge in [-0.05, 0) is 5.56 Å². The molecule has 0 aromatic heterocycles. The Labute approximate surface area is 113 Å². The fourth-order valence-electron chi connectivity index (χ4n) is 1.23. The van der Waals surface area contributed by atoms with Crippen LogP contribution in [-0.2, 0) is 6.54 Å². The van der Waals surface area contributed by atoms with Crippen LogP contribution in [0.3, 0.4) is 0 Å². The summed E-state index contributed by atoms with van der Waals surface area (Å²) in [5.41, 5.74) is 6.26. The van der Waals surface area contributed by atoms with Crippen molar-refractivity contribution in [3.05, 3.63) is 35.9 Å². The summed E-state index contributed by atoms with van der Waals surface area (Å²) < 4.78 is 0. The first kappa shape index (κ1) is 14.4. The molecule has 4 N–H and O–H groups in total. The smallest absolute Gasteiger partial charge is 0.315 e. The molecule has 1 rings (SSSR count). The maximum atomic E-state index is 11.6. The van der Waals surface area contributed by atoms with E-state index >= 15 is 0 Å². The summed E-state index contributed by atoms with van der Waals surface area (Å²) in [4.78, 5) is 12.0. The molecular weight excluding hydrogens is 246 g/mol. The SMILES string of the molecule is CC(C)(CNC(=O)NCc1ccccc1)C(N)=S. The summed E-state index contributed by atoms with van der Waals surface area (Å²) in [5, 5.41) is 5.53. The Morgan fingerprint density at radius 3 is 2.44 bits per heavy atom. The van der Waals surface area contributed by atoms with Gasteiger partial charge >= 0.3 is 6.03 Å². The van der Waals surface area contributed by atoms with Gasteiger partial charge in [-0.1, -0.05) is 56.4 Å². The van der Waals surface area contributed by atoms with Crippen molar-refractivity contribution >= 4 is 23.2 Å². The van der Waals surface area contributed by atoms with Gasteiger partial charge < -0.3 is 16.4 Å². The summed E-state index contributed by atoms with van der Waals surface area (Å²) >= 11 is 4.93. The zero-order chi connectivity index (χ0) is 13.6. The van der Waals surface area contributed by atoms with E-state index in [9.17, 15) is 4.79 Å². The molecule has 5 heteroatoms. The van der Waals surface area contributed by atoms with Crippen LogP contribution in [-0.4, -0.2) is 17.6 Å². The monoisotopic (exact) mass is 265 g/mol. The van der Waals surface area contributed by atoms with Crippen molar-refractivity contribution in [2.24, 2.45) is 11.1 Å². The van der Waals surface area contributed by atoms with E-state index in [0.717, 1.165) is 5.56 Å². The van der Waals surface area contributed by atoms with Crippen molar-refractivity contribution in [2.45, 2.75) is 20.4 Å². The van der Waals surface area contributed by atoms with Crippen molar-refractivity contribution in [2.75, 3.05) is 6.54 Å². The van der Waals surface area contributed by atoms with Crippen LogP contribution >= 0.6 is 12.2 Å². The minimum atomic E-state index is -0.376. The highest BCUT2D eigenvalue weighted by Crippen LogP contribution is 2.13. The van der Waals surface area contributed by atoms with E-state index in [0.29, 0.717) is 18.1 Å². The predicted octanol–water partition coefficient (Wildman–Crippen LogP) is 1.80. The highest BCUT2D eigenvalue weighted by Gasteiger charge is 2.21. The van der Waals surface area contributed by atoms with Gasteiger partial charge in [-0.2, -0.15) is 0 Å². The van der Waals surface area contributed by atoms with Gasteiger partial charge in [0.2, 0.25) is 0 Å². The molecule has 1 aromatic rings. The topological polar surface area (TPSA) is 67.2 Å². The van der Waals surface area contributed by atoms with Crippen molar-refractivity contribution in [3.63, 3.8) is 0 Å². The molecule has 0 heterocycles. The Hall–Kier alpha value is -1.62. The Bertz CT molecular complexity index is 418. The maximum Gasteiger partial charge on any atom is 0.315 e. The van der Waals surface area contributed by atoms with Crippen LogP contribution in [0.25, 0.3) is 0 Å². The molecule has 18 heavy (non-hydrogen) atoms. The van der Waals surface area contributed by atoms with Crippen LogP contribution < -0.4 is 16.4 Å². The molecule has 0 saturated heterocycles. The van der Waals surface area contributed by atoms with Crippen LogP contribution in [0.15, 0.2) is 30.3 Å². The molecule has 0 radical (unpaired) electrons. The standard InChI is InChI=1S/C13H19N3OS/c1-13(2,11(14)18)9-16-12(17)15-8-10-6-4-3-5-7-10/h3-7H,8-9H2,1-2H3,(H2,14,18)(H2,15,16,17). The van der Waals surface area contributed by atoms with E-state index in [4.69, 9.17) is 18.0 Å². The molecule has 0 aliphatic heterocycles. The van der Waals surface area contributed by atoms with E-state index < -0.39 is 0 Å². The van der Waals surface area contributed by atoms with E-state index in [1.165, 1.54) is 0 Å². The first-order valence-electron chi connectivity index (χ1n) is 5.77. The van der Waals surface area contributed by atoms with Crippen LogP contribution in [0, 0.1) is 5.41 Å². The lowest BCUT2D eigenvalue weighted by Gasteiger charge is -2.23. The van der Waals surface area contributed by atoms with Crippen molar-refractivity contribution in [3.8, 4) is 0 Å². The largest absolute Gasteiger partial charge is 0.393 e. The fourth-order valence-corrected chi connectivity index (χ4v) is 1.30. The summed E-state index contributed by atoms with van der Waals surface area (Å²) in [6, 6.07) is 9.51. The lowest BCUT2D eigenvalue weighted by molar-refractivity contribution is 0.238. The molecule has 0 aliphatic rings. The van der Waals surface area contributed by atoms with Crippen LogP contribution in [0.2, 0.25) is 0 Å². The zero-order valence-electron chi connectivity index (χ0n) is 10.7. The van der Waals surface area contributed by atoms with Gasteiger partial charge in [0, 0.05) is 18.5 Å². The van der Waals surface area contributed by atoms with E-state index in [1.54, 1.807) is 0 Å². The highest BCUT2D eigenvalue weighted by molar-refractivity contribution is 7.80. The molecular formula is C13H19N3OS. The van der Waals surface area contributed by atoms with Crippen molar-refractivity contribution in [1.29, 1.82) is 0 Å². The third kappa shape index (κ3) is 4.71. The highest BCUT2D eigenvalue weighted by atomic mass is 32.1. The molecule has 0 fully saturated rings. The summed E-state index contributed by atoms with van der Waals surface area (Å²) in [6.07, 6.45) is 0. The Morgan fingerprint density at radius 1 is 1.28 bits per heavy atom. The zero-order valence-corrected chi connectivity index (χ0v) is 11.5. The fraction of sp³-hybridized carbons (Fsp3) is 0.385. The molecule has 0 spiro atoms. The van der Waals surface area contributed by atoms with E-state index in [-0.39, 0.29) is 11.4 Å². The minimum absolute atomic E-state index is 0.219. The van der Waals surface area contributed by atoms with Gasteiger partial charge in [0.1, 0.15) is 0 Å². The lowest BCUT2D eigenvalue weighted by atomic mass is 9.94. The average Bonchev–Trinajstić information content (AvgIpc) is 2.35. The molecule has 2 amide bonds. The minimum Gasteiger partial charge on any atom is -0.393 e. The van der Waals surface area contributed by atoms with Gasteiger partial charge in [-0.3, -0.25) is 0 Å². The molecule has 98 valence electrons. The number of urea groups is 1. The van der Waals surface area contributed by atoms with Gasteiger partial charge in [-0.25, -0.2) is 4.79 Å². The second-order valence-corrected chi connectivity index (χ2v) is 5.21. The van der Waals surface area contributed by atoms with Gasteiger partial charge in [-0.15, -0.1) is 0 Å². The molecule has 0 bridgehead atoms. The number of hydrogen-bond acceptors (Lipinski definition) is 2. The van der Waals surface area contributed by atoms with E-state index in [2.05, 4.69) is 10.6 Å². The van der Waals surface area contributed by atoms with Crippen LogP contribution in [0.5, 0.6) is 0 Å². The Morgan fingerprint density at radius 2 is 1.89 bits per heavy atom. The van der Waals surface area contributed by atoms with Crippen LogP contribution in [0.1, 0.15) is 19.4 Å². The Kier molecular flexibility index (Phi) is 5.09. The molecule has 1 aromatic carbocycles. The number of thiocarbonyl (C=S) groups is 1. The summed E-state index contributed by atoms with van der Waals surface area (Å²) in [7, 11) is 0. The number of nitrogens with two attached hydrogens (primary N) is 1. The number of amides is 2. The van der Waals surface area contributed by atoms with E-state index in [1.807, 2.05) is 44.2 Å². The van der Waals surface area contributed by atoms with Gasteiger partial charge in [0.25, 0.3) is 0 Å². The summed E-state index contributed by atoms with van der Waals surface area (Å²) in [5.74, 6) is 0. The number of carbonyl (C=O) groups is 1. The third-order valence-electron chi connectivity index (χ3n) is 2.65. The molecule has 0 unspecified atom stereocenters. The second-order valence-electron chi connectivity index (χ2n) is 4.77. The predicted molar refractivity (Wildman–Crippen MR) is 77.2 cm³/mol. The molecule has 0 saturated carbocycles. The maximum absolute atomic E-state index is 11.6. The first-order chi connectivity index (χ1) is 8.42. The normalized spacial score (nSPS) is 10.8. The summed E-state index contributed by atoms with van der Waals surface area (Å²) in [6.45, 7) is 4.71.